The van der Waals surface area contributed by atoms with Crippen molar-refractivity contribution in [3.8, 4) is 5.95 Å². The van der Waals surface area contributed by atoms with Gasteiger partial charge in [-0.1, -0.05) is 24.9 Å². The first-order valence-electron chi connectivity index (χ1n) is 7.72. The Labute approximate surface area is 144 Å². The lowest BCUT2D eigenvalue weighted by atomic mass is 10.2. The molecule has 0 aliphatic carbocycles. The SMILES string of the molecule is CCCCc1nc(Cl)c(C=O)n1Cc1ccc(OC(=O)OCC)o1. The zero-order valence-corrected chi connectivity index (χ0v) is 14.3. The van der Waals surface area contributed by atoms with Crippen molar-refractivity contribution in [1.82, 2.24) is 9.55 Å². The molecule has 0 unspecified atom stereocenters. The van der Waals surface area contributed by atoms with Gasteiger partial charge in [0.25, 0.3) is 5.95 Å². The van der Waals surface area contributed by atoms with Gasteiger partial charge in [-0.05, 0) is 19.4 Å². The summed E-state index contributed by atoms with van der Waals surface area (Å²) < 4.78 is 16.7. The Bertz CT molecular complexity index is 707. The number of aromatic nitrogens is 2. The Morgan fingerprint density at radius 1 is 1.42 bits per heavy atom. The summed E-state index contributed by atoms with van der Waals surface area (Å²) in [5.41, 5.74) is 0.298. The smallest absolute Gasteiger partial charge is 0.434 e. The van der Waals surface area contributed by atoms with E-state index < -0.39 is 6.16 Å². The summed E-state index contributed by atoms with van der Waals surface area (Å²) in [7, 11) is 0. The summed E-state index contributed by atoms with van der Waals surface area (Å²) in [6.45, 7) is 4.22. The van der Waals surface area contributed by atoms with Crippen LogP contribution >= 0.6 is 11.6 Å². The average molecular weight is 355 g/mol. The Morgan fingerprint density at radius 2 is 2.21 bits per heavy atom. The predicted molar refractivity (Wildman–Crippen MR) is 86.7 cm³/mol. The number of hydrogen-bond acceptors (Lipinski definition) is 6. The van der Waals surface area contributed by atoms with Gasteiger partial charge in [-0.3, -0.25) is 4.79 Å². The third kappa shape index (κ3) is 4.38. The van der Waals surface area contributed by atoms with Crippen LogP contribution < -0.4 is 4.74 Å². The second-order valence-electron chi connectivity index (χ2n) is 5.02. The minimum atomic E-state index is -0.832. The summed E-state index contributed by atoms with van der Waals surface area (Å²) in [5.74, 6) is 1.25. The maximum Gasteiger partial charge on any atom is 0.516 e. The third-order valence-electron chi connectivity index (χ3n) is 3.30. The number of carbonyl (C=O) groups is 2. The molecule has 7 nitrogen and oxygen atoms in total. The van der Waals surface area contributed by atoms with Gasteiger partial charge in [0.2, 0.25) is 0 Å². The van der Waals surface area contributed by atoms with E-state index in [1.54, 1.807) is 17.6 Å². The highest BCUT2D eigenvalue weighted by molar-refractivity contribution is 6.31. The second-order valence-corrected chi connectivity index (χ2v) is 5.38. The summed E-state index contributed by atoms with van der Waals surface area (Å²) in [6.07, 6.45) is 2.47. The number of unbranched alkanes of at least 4 members (excludes halogenated alkanes) is 1. The molecule has 130 valence electrons. The van der Waals surface area contributed by atoms with Crippen molar-refractivity contribution in [3.63, 3.8) is 0 Å². The van der Waals surface area contributed by atoms with E-state index in [9.17, 15) is 9.59 Å². The minimum absolute atomic E-state index is 0.0254. The van der Waals surface area contributed by atoms with Crippen LogP contribution in [-0.2, 0) is 17.7 Å². The first kappa shape index (κ1) is 18.1. The van der Waals surface area contributed by atoms with Gasteiger partial charge >= 0.3 is 6.16 Å². The lowest BCUT2D eigenvalue weighted by Crippen LogP contribution is -2.09. The fraction of sp³-hybridized carbons (Fsp3) is 0.438. The molecule has 2 heterocycles. The van der Waals surface area contributed by atoms with Crippen LogP contribution in [0.1, 0.15) is 48.8 Å². The molecule has 8 heteroatoms. The minimum Gasteiger partial charge on any atom is -0.434 e. The number of furan rings is 1. The van der Waals surface area contributed by atoms with E-state index in [1.807, 2.05) is 0 Å². The van der Waals surface area contributed by atoms with Crippen molar-refractivity contribution < 1.29 is 23.5 Å². The van der Waals surface area contributed by atoms with Gasteiger partial charge in [0, 0.05) is 12.5 Å². The number of imidazole rings is 1. The topological polar surface area (TPSA) is 83.6 Å². The first-order valence-corrected chi connectivity index (χ1v) is 8.10. The van der Waals surface area contributed by atoms with E-state index in [2.05, 4.69) is 16.6 Å². The highest BCUT2D eigenvalue weighted by Gasteiger charge is 2.17. The van der Waals surface area contributed by atoms with E-state index in [0.29, 0.717) is 30.0 Å². The maximum absolute atomic E-state index is 11.3. The zero-order chi connectivity index (χ0) is 17.5. The van der Waals surface area contributed by atoms with Crippen molar-refractivity contribution >= 4 is 24.0 Å². The molecule has 0 fully saturated rings. The Hall–Kier alpha value is -2.28. The largest absolute Gasteiger partial charge is 0.516 e. The molecule has 2 aromatic heterocycles. The number of carbonyl (C=O) groups excluding carboxylic acids is 2. The second kappa shape index (κ2) is 8.54. The number of ether oxygens (including phenoxy) is 2. The molecule has 0 amide bonds. The number of rotatable bonds is 8. The van der Waals surface area contributed by atoms with Crippen molar-refractivity contribution in [3.05, 3.63) is 34.6 Å². The molecule has 0 N–H and O–H groups in total. The van der Waals surface area contributed by atoms with Crippen LogP contribution in [0.5, 0.6) is 5.95 Å². The summed E-state index contributed by atoms with van der Waals surface area (Å²) >= 11 is 6.02. The zero-order valence-electron chi connectivity index (χ0n) is 13.6. The van der Waals surface area contributed by atoms with Crippen LogP contribution in [0.25, 0.3) is 0 Å². The van der Waals surface area contributed by atoms with Gasteiger partial charge < -0.3 is 18.5 Å². The number of nitrogens with zero attached hydrogens (tertiary/aromatic N) is 2. The normalized spacial score (nSPS) is 10.6. The molecular formula is C16H19ClN2O5. The van der Waals surface area contributed by atoms with Crippen molar-refractivity contribution in [2.75, 3.05) is 6.61 Å². The van der Waals surface area contributed by atoms with Crippen LogP contribution in [0, 0.1) is 0 Å². The maximum atomic E-state index is 11.3. The van der Waals surface area contributed by atoms with E-state index in [-0.39, 0.29) is 24.3 Å². The Morgan fingerprint density at radius 3 is 2.88 bits per heavy atom. The van der Waals surface area contributed by atoms with E-state index in [4.69, 9.17) is 20.8 Å². The van der Waals surface area contributed by atoms with E-state index >= 15 is 0 Å². The molecule has 0 aliphatic heterocycles. The average Bonchev–Trinajstić information content (AvgIpc) is 3.10. The van der Waals surface area contributed by atoms with Crippen molar-refractivity contribution in [2.24, 2.45) is 0 Å². The molecule has 0 aliphatic rings. The molecule has 0 radical (unpaired) electrons. The number of aldehydes is 1. The Balaban J connectivity index is 2.17. The van der Waals surface area contributed by atoms with Crippen LogP contribution in [0.3, 0.4) is 0 Å². The highest BCUT2D eigenvalue weighted by atomic mass is 35.5. The molecule has 2 aromatic rings. The first-order chi connectivity index (χ1) is 11.6. The standard InChI is InChI=1S/C16H19ClN2O5/c1-3-5-6-13-18-15(17)12(10-20)19(13)9-11-7-8-14(23-11)24-16(21)22-4-2/h7-8,10H,3-6,9H2,1-2H3. The third-order valence-corrected chi connectivity index (χ3v) is 3.58. The van der Waals surface area contributed by atoms with Crippen LogP contribution in [0.4, 0.5) is 4.79 Å². The quantitative estimate of drug-likeness (QED) is 0.528. The summed E-state index contributed by atoms with van der Waals surface area (Å²) in [6, 6.07) is 3.16. The van der Waals surface area contributed by atoms with Crippen LogP contribution in [0.2, 0.25) is 5.15 Å². The highest BCUT2D eigenvalue weighted by Crippen LogP contribution is 2.22. The molecule has 0 saturated heterocycles. The summed E-state index contributed by atoms with van der Waals surface area (Å²) in [4.78, 5) is 26.8. The van der Waals surface area contributed by atoms with Gasteiger partial charge in [-0.2, -0.15) is 0 Å². The molecule has 0 atom stereocenters. The van der Waals surface area contributed by atoms with Crippen molar-refractivity contribution in [2.45, 2.75) is 39.7 Å². The predicted octanol–water partition coefficient (Wildman–Crippen LogP) is 3.87. The molecule has 0 saturated carbocycles. The van der Waals surface area contributed by atoms with Gasteiger partial charge in [-0.15, -0.1) is 0 Å². The van der Waals surface area contributed by atoms with Gasteiger partial charge in [0.05, 0.1) is 13.2 Å². The molecule has 0 aromatic carbocycles. The fourth-order valence-corrected chi connectivity index (χ4v) is 2.42. The summed E-state index contributed by atoms with van der Waals surface area (Å²) in [5, 5.41) is 0.172. The number of halogens is 1. The monoisotopic (exact) mass is 354 g/mol. The van der Waals surface area contributed by atoms with Crippen molar-refractivity contribution in [1.29, 1.82) is 0 Å². The van der Waals surface area contributed by atoms with E-state index in [1.165, 1.54) is 6.07 Å². The van der Waals surface area contributed by atoms with Gasteiger partial charge in [0.15, 0.2) is 11.4 Å². The number of aryl methyl sites for hydroxylation is 1. The molecule has 0 bridgehead atoms. The van der Waals surface area contributed by atoms with Crippen LogP contribution in [0.15, 0.2) is 16.5 Å². The Kier molecular flexibility index (Phi) is 6.43. The molecule has 2 rings (SSSR count). The van der Waals surface area contributed by atoms with Crippen LogP contribution in [-0.4, -0.2) is 28.6 Å². The van der Waals surface area contributed by atoms with Gasteiger partial charge in [0.1, 0.15) is 17.3 Å². The fourth-order valence-electron chi connectivity index (χ4n) is 2.18. The molecular weight excluding hydrogens is 336 g/mol. The molecule has 0 spiro atoms. The lowest BCUT2D eigenvalue weighted by molar-refractivity contribution is 0.0942. The number of hydrogen-bond donors (Lipinski definition) is 0. The molecule has 24 heavy (non-hydrogen) atoms. The van der Waals surface area contributed by atoms with E-state index in [0.717, 1.165) is 12.8 Å². The lowest BCUT2D eigenvalue weighted by Gasteiger charge is -2.07. The van der Waals surface area contributed by atoms with Gasteiger partial charge in [-0.25, -0.2) is 9.78 Å².